The van der Waals surface area contributed by atoms with Crippen LogP contribution in [0.5, 0.6) is 0 Å². The number of hydrogen-bond acceptors (Lipinski definition) is 5. The van der Waals surface area contributed by atoms with Crippen molar-refractivity contribution in [1.29, 1.82) is 0 Å². The first-order valence-electron chi connectivity index (χ1n) is 11.1. The molecule has 2 aliphatic rings. The van der Waals surface area contributed by atoms with Gasteiger partial charge in [0.25, 0.3) is 5.91 Å². The third-order valence-electron chi connectivity index (χ3n) is 6.02. The number of nitrogens with zero attached hydrogens (tertiary/aromatic N) is 3. The molecule has 0 bridgehead atoms. The van der Waals surface area contributed by atoms with Crippen molar-refractivity contribution >= 4 is 23.3 Å². The highest BCUT2D eigenvalue weighted by molar-refractivity contribution is 6.33. The number of carbonyl (C=O) groups is 1. The molecule has 1 N–H and O–H groups in total. The number of ether oxygens (including phenoxy) is 1. The monoisotopic (exact) mass is 442 g/mol. The zero-order valence-corrected chi connectivity index (χ0v) is 18.9. The van der Waals surface area contributed by atoms with Crippen LogP contribution in [-0.4, -0.2) is 60.1 Å². The molecule has 166 valence electrons. The minimum Gasteiger partial charge on any atom is -0.378 e. The highest BCUT2D eigenvalue weighted by atomic mass is 35.5. The Labute approximate surface area is 189 Å². The van der Waals surface area contributed by atoms with Gasteiger partial charge in [0.15, 0.2) is 0 Å². The first kappa shape index (κ1) is 22.1. The molecule has 2 aliphatic heterocycles. The lowest BCUT2D eigenvalue weighted by Crippen LogP contribution is -2.40. The van der Waals surface area contributed by atoms with E-state index in [1.165, 1.54) is 37.1 Å². The molecule has 1 amide bonds. The van der Waals surface area contributed by atoms with Crippen LogP contribution in [0.3, 0.4) is 0 Å². The zero-order valence-electron chi connectivity index (χ0n) is 18.1. The first-order valence-corrected chi connectivity index (χ1v) is 11.5. The standard InChI is InChI=1S/C24H31ClN4O2/c1-18-3-2-8-28(16-18)17-20-6-4-19(5-7-20)14-26-23-22(25)13-21(15-27-23)24(30)29-9-11-31-12-10-29/h4-7,13,15,18H,2-3,8-12,14,16-17H2,1H3,(H,26,27). The predicted molar refractivity (Wildman–Crippen MR) is 123 cm³/mol. The van der Waals surface area contributed by atoms with Gasteiger partial charge in [-0.1, -0.05) is 42.8 Å². The van der Waals surface area contributed by atoms with Crippen LogP contribution in [0.4, 0.5) is 5.82 Å². The van der Waals surface area contributed by atoms with Crippen molar-refractivity contribution in [3.8, 4) is 0 Å². The minimum atomic E-state index is -0.0528. The fourth-order valence-electron chi connectivity index (χ4n) is 4.27. The third-order valence-corrected chi connectivity index (χ3v) is 6.30. The molecule has 0 radical (unpaired) electrons. The number of likely N-dealkylation sites (tertiary alicyclic amines) is 1. The van der Waals surface area contributed by atoms with Crippen LogP contribution < -0.4 is 5.32 Å². The SMILES string of the molecule is CC1CCCN(Cc2ccc(CNc3ncc(C(=O)N4CCOCC4)cc3Cl)cc2)C1. The van der Waals surface area contributed by atoms with E-state index in [0.29, 0.717) is 49.3 Å². The molecule has 1 atom stereocenters. The Morgan fingerprint density at radius 2 is 1.94 bits per heavy atom. The van der Waals surface area contributed by atoms with Crippen LogP contribution in [0.25, 0.3) is 0 Å². The lowest BCUT2D eigenvalue weighted by Gasteiger charge is -2.30. The number of hydrogen-bond donors (Lipinski definition) is 1. The number of amides is 1. The molecule has 2 saturated heterocycles. The molecule has 6 nitrogen and oxygen atoms in total. The van der Waals surface area contributed by atoms with Crippen molar-refractivity contribution in [2.24, 2.45) is 5.92 Å². The van der Waals surface area contributed by atoms with Crippen molar-refractivity contribution in [1.82, 2.24) is 14.8 Å². The van der Waals surface area contributed by atoms with E-state index in [9.17, 15) is 4.79 Å². The summed E-state index contributed by atoms with van der Waals surface area (Å²) in [5.41, 5.74) is 3.02. The maximum Gasteiger partial charge on any atom is 0.255 e. The number of piperidine rings is 1. The Balaban J connectivity index is 1.31. The second kappa shape index (κ2) is 10.4. The Hall–Kier alpha value is -2.15. The number of halogens is 1. The second-order valence-electron chi connectivity index (χ2n) is 8.61. The molecule has 0 saturated carbocycles. The van der Waals surface area contributed by atoms with Crippen molar-refractivity contribution < 1.29 is 9.53 Å². The Bertz CT molecular complexity index is 884. The smallest absolute Gasteiger partial charge is 0.255 e. The first-order chi connectivity index (χ1) is 15.1. The largest absolute Gasteiger partial charge is 0.378 e. The molecule has 2 aromatic rings. The van der Waals surface area contributed by atoms with Gasteiger partial charge >= 0.3 is 0 Å². The van der Waals surface area contributed by atoms with E-state index in [0.717, 1.165) is 12.5 Å². The van der Waals surface area contributed by atoms with Crippen molar-refractivity contribution in [2.45, 2.75) is 32.9 Å². The normalized spacial score (nSPS) is 19.9. The summed E-state index contributed by atoms with van der Waals surface area (Å²) in [5, 5.41) is 3.74. The molecule has 7 heteroatoms. The highest BCUT2D eigenvalue weighted by Crippen LogP contribution is 2.22. The zero-order chi connectivity index (χ0) is 21.6. The van der Waals surface area contributed by atoms with E-state index in [1.54, 1.807) is 17.2 Å². The number of benzene rings is 1. The molecule has 1 aromatic heterocycles. The number of morpholine rings is 1. The number of pyridine rings is 1. The topological polar surface area (TPSA) is 57.7 Å². The summed E-state index contributed by atoms with van der Waals surface area (Å²) in [6.45, 7) is 8.72. The Morgan fingerprint density at radius 1 is 1.19 bits per heavy atom. The number of anilines is 1. The van der Waals surface area contributed by atoms with Crippen LogP contribution in [0.15, 0.2) is 36.5 Å². The van der Waals surface area contributed by atoms with E-state index in [2.05, 4.69) is 46.4 Å². The summed E-state index contributed by atoms with van der Waals surface area (Å²) in [5.74, 6) is 1.33. The number of rotatable bonds is 6. The lowest BCUT2D eigenvalue weighted by atomic mass is 9.99. The van der Waals surface area contributed by atoms with Gasteiger partial charge in [0.1, 0.15) is 5.82 Å². The molecule has 1 unspecified atom stereocenters. The van der Waals surface area contributed by atoms with Gasteiger partial charge in [-0.05, 0) is 42.5 Å². The van der Waals surface area contributed by atoms with Crippen molar-refractivity contribution in [2.75, 3.05) is 44.7 Å². The van der Waals surface area contributed by atoms with Crippen LogP contribution in [0.1, 0.15) is 41.3 Å². The highest BCUT2D eigenvalue weighted by Gasteiger charge is 2.20. The fraction of sp³-hybridized carbons (Fsp3) is 0.500. The van der Waals surface area contributed by atoms with E-state index < -0.39 is 0 Å². The average Bonchev–Trinajstić information content (AvgIpc) is 2.79. The Kier molecular flexibility index (Phi) is 7.43. The van der Waals surface area contributed by atoms with Gasteiger partial charge in [0.05, 0.1) is 23.8 Å². The van der Waals surface area contributed by atoms with Gasteiger partial charge in [0, 0.05) is 38.9 Å². The van der Waals surface area contributed by atoms with E-state index >= 15 is 0 Å². The van der Waals surface area contributed by atoms with Gasteiger partial charge in [0.2, 0.25) is 0 Å². The molecule has 1 aromatic carbocycles. The van der Waals surface area contributed by atoms with Gasteiger partial charge in [-0.3, -0.25) is 9.69 Å². The number of carbonyl (C=O) groups excluding carboxylic acids is 1. The molecule has 0 aliphatic carbocycles. The maximum absolute atomic E-state index is 12.6. The van der Waals surface area contributed by atoms with Crippen LogP contribution in [0, 0.1) is 5.92 Å². The molecule has 2 fully saturated rings. The average molecular weight is 443 g/mol. The fourth-order valence-corrected chi connectivity index (χ4v) is 4.50. The minimum absolute atomic E-state index is 0.0528. The lowest BCUT2D eigenvalue weighted by molar-refractivity contribution is 0.0302. The summed E-state index contributed by atoms with van der Waals surface area (Å²) < 4.78 is 5.30. The van der Waals surface area contributed by atoms with Gasteiger partial charge in [-0.15, -0.1) is 0 Å². The Morgan fingerprint density at radius 3 is 2.65 bits per heavy atom. The van der Waals surface area contributed by atoms with E-state index in [1.807, 2.05) is 0 Å². The number of nitrogens with one attached hydrogen (secondary N) is 1. The molecule has 0 spiro atoms. The maximum atomic E-state index is 12.6. The summed E-state index contributed by atoms with van der Waals surface area (Å²) in [7, 11) is 0. The third kappa shape index (κ3) is 5.97. The summed E-state index contributed by atoms with van der Waals surface area (Å²) in [4.78, 5) is 21.3. The van der Waals surface area contributed by atoms with E-state index in [-0.39, 0.29) is 5.91 Å². The molecular formula is C24H31ClN4O2. The summed E-state index contributed by atoms with van der Waals surface area (Å²) >= 11 is 6.40. The van der Waals surface area contributed by atoms with Crippen molar-refractivity contribution in [3.05, 3.63) is 58.2 Å². The summed E-state index contributed by atoms with van der Waals surface area (Å²) in [6.07, 6.45) is 4.24. The molecule has 31 heavy (non-hydrogen) atoms. The predicted octanol–water partition coefficient (Wildman–Crippen LogP) is 4.05. The van der Waals surface area contributed by atoms with Crippen LogP contribution >= 0.6 is 11.6 Å². The van der Waals surface area contributed by atoms with Crippen molar-refractivity contribution in [3.63, 3.8) is 0 Å². The number of aromatic nitrogens is 1. The molecule has 4 rings (SSSR count). The van der Waals surface area contributed by atoms with Crippen LogP contribution in [-0.2, 0) is 17.8 Å². The second-order valence-corrected chi connectivity index (χ2v) is 9.02. The van der Waals surface area contributed by atoms with E-state index in [4.69, 9.17) is 16.3 Å². The molecular weight excluding hydrogens is 412 g/mol. The van der Waals surface area contributed by atoms with Crippen LogP contribution in [0.2, 0.25) is 5.02 Å². The van der Waals surface area contributed by atoms with Gasteiger partial charge < -0.3 is 15.0 Å². The van der Waals surface area contributed by atoms with Gasteiger partial charge in [-0.2, -0.15) is 0 Å². The summed E-state index contributed by atoms with van der Waals surface area (Å²) in [6, 6.07) is 10.4. The van der Waals surface area contributed by atoms with Gasteiger partial charge in [-0.25, -0.2) is 4.98 Å². The quantitative estimate of drug-likeness (QED) is 0.731. The molecule has 3 heterocycles.